The van der Waals surface area contributed by atoms with Gasteiger partial charge in [-0.15, -0.1) is 0 Å². The molecule has 1 aromatic heterocycles. The van der Waals surface area contributed by atoms with E-state index in [0.717, 1.165) is 17.1 Å². The molecule has 0 saturated carbocycles. The Kier molecular flexibility index (Phi) is 5.26. The maximum Gasteiger partial charge on any atom is 0.241 e. The molecular formula is C15H19N3OS. The van der Waals surface area contributed by atoms with E-state index in [0.29, 0.717) is 6.42 Å². The first-order valence-electron chi connectivity index (χ1n) is 6.49. The van der Waals surface area contributed by atoms with Gasteiger partial charge in [-0.1, -0.05) is 6.07 Å². The summed E-state index contributed by atoms with van der Waals surface area (Å²) in [5.41, 5.74) is 7.62. The van der Waals surface area contributed by atoms with E-state index in [-0.39, 0.29) is 5.91 Å². The van der Waals surface area contributed by atoms with Crippen LogP contribution in [0.5, 0.6) is 0 Å². The van der Waals surface area contributed by atoms with Gasteiger partial charge in [0.1, 0.15) is 0 Å². The van der Waals surface area contributed by atoms with Gasteiger partial charge in [0.2, 0.25) is 5.91 Å². The summed E-state index contributed by atoms with van der Waals surface area (Å²) < 4.78 is 1.99. The highest BCUT2D eigenvalue weighted by Gasteiger charge is 2.13. The minimum atomic E-state index is -0.460. The predicted octanol–water partition coefficient (Wildman–Crippen LogP) is 2.50. The first-order valence-corrected chi connectivity index (χ1v) is 7.89. The fourth-order valence-electron chi connectivity index (χ4n) is 1.86. The predicted molar refractivity (Wildman–Crippen MR) is 85.4 cm³/mol. The van der Waals surface area contributed by atoms with Crippen LogP contribution in [0, 0.1) is 0 Å². The molecular weight excluding hydrogens is 270 g/mol. The summed E-state index contributed by atoms with van der Waals surface area (Å²) in [6.45, 7) is 0. The maximum atomic E-state index is 12.0. The lowest BCUT2D eigenvalue weighted by molar-refractivity contribution is -0.117. The van der Waals surface area contributed by atoms with Crippen molar-refractivity contribution in [3.8, 4) is 5.69 Å². The maximum absolute atomic E-state index is 12.0. The number of carbonyl (C=O) groups is 1. The third-order valence-corrected chi connectivity index (χ3v) is 3.63. The van der Waals surface area contributed by atoms with Gasteiger partial charge in [0.15, 0.2) is 0 Å². The van der Waals surface area contributed by atoms with Gasteiger partial charge in [-0.2, -0.15) is 11.8 Å². The van der Waals surface area contributed by atoms with Crippen molar-refractivity contribution in [1.82, 2.24) is 4.57 Å². The zero-order chi connectivity index (χ0) is 14.4. The number of hydrogen-bond acceptors (Lipinski definition) is 3. The summed E-state index contributed by atoms with van der Waals surface area (Å²) in [5.74, 6) is 0.751. The minimum absolute atomic E-state index is 0.135. The molecule has 0 aliphatic carbocycles. The van der Waals surface area contributed by atoms with E-state index in [1.54, 1.807) is 11.8 Å². The molecule has 4 nitrogen and oxygen atoms in total. The molecule has 0 aliphatic rings. The molecule has 1 amide bonds. The van der Waals surface area contributed by atoms with Crippen LogP contribution < -0.4 is 11.1 Å². The van der Waals surface area contributed by atoms with Gasteiger partial charge in [-0.3, -0.25) is 4.79 Å². The van der Waals surface area contributed by atoms with Gasteiger partial charge in [-0.05, 0) is 48.8 Å². The highest BCUT2D eigenvalue weighted by Crippen LogP contribution is 2.15. The van der Waals surface area contributed by atoms with E-state index in [1.165, 1.54) is 0 Å². The van der Waals surface area contributed by atoms with Crippen molar-refractivity contribution in [2.45, 2.75) is 12.5 Å². The highest BCUT2D eigenvalue weighted by atomic mass is 32.2. The monoisotopic (exact) mass is 289 g/mol. The number of benzene rings is 1. The van der Waals surface area contributed by atoms with Crippen LogP contribution in [0.1, 0.15) is 6.42 Å². The second kappa shape index (κ2) is 7.17. The third kappa shape index (κ3) is 3.88. The average molecular weight is 289 g/mol. The van der Waals surface area contributed by atoms with Crippen molar-refractivity contribution < 1.29 is 4.79 Å². The number of rotatable bonds is 6. The van der Waals surface area contributed by atoms with E-state index in [2.05, 4.69) is 5.32 Å². The number of nitrogens with one attached hydrogen (secondary N) is 1. The van der Waals surface area contributed by atoms with Crippen LogP contribution in [0.4, 0.5) is 5.69 Å². The van der Waals surface area contributed by atoms with Crippen molar-refractivity contribution in [2.75, 3.05) is 17.3 Å². The van der Waals surface area contributed by atoms with Crippen LogP contribution in [-0.2, 0) is 4.79 Å². The smallest absolute Gasteiger partial charge is 0.241 e. The molecule has 2 aromatic rings. The Hall–Kier alpha value is -1.72. The summed E-state index contributed by atoms with van der Waals surface area (Å²) in [6, 6.07) is 11.2. The van der Waals surface area contributed by atoms with Gasteiger partial charge in [0, 0.05) is 23.8 Å². The average Bonchev–Trinajstić information content (AvgIpc) is 2.99. The molecule has 1 aromatic carbocycles. The van der Waals surface area contributed by atoms with E-state index in [4.69, 9.17) is 5.73 Å². The van der Waals surface area contributed by atoms with Crippen LogP contribution in [0.25, 0.3) is 5.69 Å². The molecule has 2 rings (SSSR count). The zero-order valence-corrected chi connectivity index (χ0v) is 12.3. The van der Waals surface area contributed by atoms with Gasteiger partial charge < -0.3 is 15.6 Å². The Balaban J connectivity index is 2.03. The summed E-state index contributed by atoms with van der Waals surface area (Å²) in [4.78, 5) is 12.0. The zero-order valence-electron chi connectivity index (χ0n) is 11.5. The van der Waals surface area contributed by atoms with Crippen molar-refractivity contribution in [3.05, 3.63) is 48.8 Å². The molecule has 3 N–H and O–H groups in total. The third-order valence-electron chi connectivity index (χ3n) is 2.99. The Morgan fingerprint density at radius 3 is 2.80 bits per heavy atom. The number of anilines is 1. The van der Waals surface area contributed by atoms with Crippen LogP contribution in [0.15, 0.2) is 48.8 Å². The van der Waals surface area contributed by atoms with E-state index < -0.39 is 6.04 Å². The van der Waals surface area contributed by atoms with Crippen molar-refractivity contribution in [2.24, 2.45) is 5.73 Å². The molecule has 20 heavy (non-hydrogen) atoms. The quantitative estimate of drug-likeness (QED) is 0.859. The Bertz CT molecular complexity index is 554. The fraction of sp³-hybridized carbons (Fsp3) is 0.267. The summed E-state index contributed by atoms with van der Waals surface area (Å²) in [7, 11) is 0. The molecule has 0 bridgehead atoms. The summed E-state index contributed by atoms with van der Waals surface area (Å²) in [5, 5.41) is 2.87. The van der Waals surface area contributed by atoms with Crippen molar-refractivity contribution >= 4 is 23.4 Å². The number of carbonyl (C=O) groups excluding carboxylic acids is 1. The van der Waals surface area contributed by atoms with Gasteiger partial charge in [0.05, 0.1) is 6.04 Å². The molecule has 5 heteroatoms. The topological polar surface area (TPSA) is 60.1 Å². The largest absolute Gasteiger partial charge is 0.325 e. The molecule has 0 radical (unpaired) electrons. The molecule has 0 fully saturated rings. The highest BCUT2D eigenvalue weighted by molar-refractivity contribution is 7.98. The van der Waals surface area contributed by atoms with Gasteiger partial charge in [0.25, 0.3) is 0 Å². The Morgan fingerprint density at radius 2 is 2.10 bits per heavy atom. The number of nitrogens with zero attached hydrogens (tertiary/aromatic N) is 1. The van der Waals surface area contributed by atoms with E-state index in [1.807, 2.05) is 59.6 Å². The van der Waals surface area contributed by atoms with Gasteiger partial charge >= 0.3 is 0 Å². The number of amides is 1. The molecule has 0 aliphatic heterocycles. The number of nitrogens with two attached hydrogens (primary N) is 1. The standard InChI is InChI=1S/C15H19N3OS/c1-20-10-7-14(16)15(19)17-12-5-4-6-13(11-12)18-8-2-3-9-18/h2-6,8-9,11,14H,7,10,16H2,1H3,(H,17,19)/t14-/m0/s1. The van der Waals surface area contributed by atoms with Crippen LogP contribution >= 0.6 is 11.8 Å². The SMILES string of the molecule is CSCC[C@H](N)C(=O)Nc1cccc(-n2cccc2)c1. The molecule has 106 valence electrons. The summed E-state index contributed by atoms with van der Waals surface area (Å²) in [6.07, 6.45) is 6.62. The van der Waals surface area contributed by atoms with Crippen molar-refractivity contribution in [1.29, 1.82) is 0 Å². The Labute approximate surface area is 123 Å². The molecule has 1 heterocycles. The summed E-state index contributed by atoms with van der Waals surface area (Å²) >= 11 is 1.69. The van der Waals surface area contributed by atoms with E-state index >= 15 is 0 Å². The Morgan fingerprint density at radius 1 is 1.35 bits per heavy atom. The lowest BCUT2D eigenvalue weighted by Gasteiger charge is -2.12. The van der Waals surface area contributed by atoms with Crippen LogP contribution in [-0.4, -0.2) is 28.5 Å². The lowest BCUT2D eigenvalue weighted by atomic mass is 10.2. The normalized spacial score (nSPS) is 12.1. The second-order valence-electron chi connectivity index (χ2n) is 4.52. The number of hydrogen-bond donors (Lipinski definition) is 2. The molecule has 1 atom stereocenters. The van der Waals surface area contributed by atoms with Crippen LogP contribution in [0.3, 0.4) is 0 Å². The van der Waals surface area contributed by atoms with Crippen molar-refractivity contribution in [3.63, 3.8) is 0 Å². The fourth-order valence-corrected chi connectivity index (χ4v) is 2.35. The lowest BCUT2D eigenvalue weighted by Crippen LogP contribution is -2.36. The molecule has 0 saturated heterocycles. The molecule has 0 spiro atoms. The molecule has 0 unspecified atom stereocenters. The first kappa shape index (κ1) is 14.7. The van der Waals surface area contributed by atoms with Crippen LogP contribution in [0.2, 0.25) is 0 Å². The first-order chi connectivity index (χ1) is 9.70. The minimum Gasteiger partial charge on any atom is -0.325 e. The number of aromatic nitrogens is 1. The van der Waals surface area contributed by atoms with Gasteiger partial charge in [-0.25, -0.2) is 0 Å². The number of thioether (sulfide) groups is 1. The second-order valence-corrected chi connectivity index (χ2v) is 5.50. The van der Waals surface area contributed by atoms with E-state index in [9.17, 15) is 4.79 Å².